The summed E-state index contributed by atoms with van der Waals surface area (Å²) in [6.07, 6.45) is -4.46. The minimum Gasteiger partial charge on any atom is -0.464 e. The van der Waals surface area contributed by atoms with Crippen molar-refractivity contribution in [3.05, 3.63) is 29.8 Å². The van der Waals surface area contributed by atoms with Crippen LogP contribution in [0.4, 0.5) is 19.1 Å². The van der Waals surface area contributed by atoms with Crippen molar-refractivity contribution in [2.24, 2.45) is 0 Å². The smallest absolute Gasteiger partial charge is 0.416 e. The summed E-state index contributed by atoms with van der Waals surface area (Å²) in [4.78, 5) is 11.2. The first-order valence-electron chi connectivity index (χ1n) is 5.88. The van der Waals surface area contributed by atoms with Gasteiger partial charge in [-0.25, -0.2) is 0 Å². The van der Waals surface area contributed by atoms with Gasteiger partial charge < -0.3 is 15.2 Å². The van der Waals surface area contributed by atoms with Crippen LogP contribution in [0.5, 0.6) is 17.8 Å². The lowest BCUT2D eigenvalue weighted by atomic mass is 10.2. The van der Waals surface area contributed by atoms with Gasteiger partial charge in [0.1, 0.15) is 5.75 Å². The molecule has 1 aromatic heterocycles. The second kappa shape index (κ2) is 5.81. The zero-order valence-electron chi connectivity index (χ0n) is 10.9. The summed E-state index contributed by atoms with van der Waals surface area (Å²) in [5.74, 6) is -0.228. The monoisotopic (exact) mass is 300 g/mol. The lowest BCUT2D eigenvalue weighted by Crippen LogP contribution is -2.06. The molecule has 1 heterocycles. The molecule has 0 aliphatic heterocycles. The van der Waals surface area contributed by atoms with Crippen LogP contribution in [0.25, 0.3) is 0 Å². The minimum absolute atomic E-state index is 0.0630. The van der Waals surface area contributed by atoms with Gasteiger partial charge in [-0.3, -0.25) is 0 Å². The lowest BCUT2D eigenvalue weighted by Gasteiger charge is -2.09. The van der Waals surface area contributed by atoms with Crippen molar-refractivity contribution in [3.8, 4) is 17.8 Å². The van der Waals surface area contributed by atoms with E-state index in [2.05, 4.69) is 15.0 Å². The van der Waals surface area contributed by atoms with Crippen LogP contribution in [-0.4, -0.2) is 21.6 Å². The third-order valence-electron chi connectivity index (χ3n) is 2.26. The number of aromatic nitrogens is 3. The molecule has 0 unspecified atom stereocenters. The fourth-order valence-electron chi connectivity index (χ4n) is 1.43. The second-order valence-electron chi connectivity index (χ2n) is 3.82. The number of nitrogens with two attached hydrogens (primary N) is 1. The van der Waals surface area contributed by atoms with Crippen molar-refractivity contribution in [3.63, 3.8) is 0 Å². The largest absolute Gasteiger partial charge is 0.464 e. The Bertz CT molecular complexity index is 634. The molecular weight excluding hydrogens is 289 g/mol. The van der Waals surface area contributed by atoms with E-state index < -0.39 is 11.7 Å². The van der Waals surface area contributed by atoms with Gasteiger partial charge in [0.25, 0.3) is 0 Å². The highest BCUT2D eigenvalue weighted by molar-refractivity contribution is 5.32. The zero-order valence-corrected chi connectivity index (χ0v) is 10.9. The van der Waals surface area contributed by atoms with Crippen LogP contribution in [0, 0.1) is 0 Å². The Morgan fingerprint density at radius 1 is 1.14 bits per heavy atom. The molecule has 2 aromatic rings. The van der Waals surface area contributed by atoms with Crippen LogP contribution in [-0.2, 0) is 6.18 Å². The van der Waals surface area contributed by atoms with Crippen LogP contribution in [0.1, 0.15) is 12.5 Å². The highest BCUT2D eigenvalue weighted by atomic mass is 19.4. The Morgan fingerprint density at radius 2 is 1.86 bits per heavy atom. The summed E-state index contributed by atoms with van der Waals surface area (Å²) in [6, 6.07) is 4.01. The highest BCUT2D eigenvalue weighted by Gasteiger charge is 2.30. The quantitative estimate of drug-likeness (QED) is 0.934. The van der Waals surface area contributed by atoms with Crippen molar-refractivity contribution in [1.29, 1.82) is 0 Å². The molecule has 21 heavy (non-hydrogen) atoms. The predicted octanol–water partition coefficient (Wildman–Crippen LogP) is 2.66. The summed E-state index contributed by atoms with van der Waals surface area (Å²) in [7, 11) is 0. The van der Waals surface area contributed by atoms with Gasteiger partial charge in [-0.1, -0.05) is 6.07 Å². The summed E-state index contributed by atoms with van der Waals surface area (Å²) in [5.41, 5.74) is 4.60. The van der Waals surface area contributed by atoms with E-state index in [1.165, 1.54) is 12.1 Å². The number of hydrogen-bond donors (Lipinski definition) is 1. The molecule has 6 nitrogen and oxygen atoms in total. The number of nitrogen functional groups attached to an aromatic ring is 1. The average Bonchev–Trinajstić information content (AvgIpc) is 2.37. The molecule has 0 saturated carbocycles. The molecular formula is C12H11F3N4O2. The van der Waals surface area contributed by atoms with Crippen molar-refractivity contribution in [2.75, 3.05) is 12.3 Å². The van der Waals surface area contributed by atoms with Gasteiger partial charge in [0.2, 0.25) is 5.95 Å². The third kappa shape index (κ3) is 3.94. The van der Waals surface area contributed by atoms with Crippen LogP contribution < -0.4 is 15.2 Å². The first-order chi connectivity index (χ1) is 9.88. The van der Waals surface area contributed by atoms with E-state index in [1.807, 2.05) is 0 Å². The molecule has 2 N–H and O–H groups in total. The van der Waals surface area contributed by atoms with Gasteiger partial charge in [0.05, 0.1) is 12.2 Å². The molecule has 2 rings (SSSR count). The van der Waals surface area contributed by atoms with Gasteiger partial charge in [-0.05, 0) is 25.1 Å². The van der Waals surface area contributed by atoms with Crippen molar-refractivity contribution >= 4 is 5.95 Å². The van der Waals surface area contributed by atoms with E-state index in [9.17, 15) is 13.2 Å². The Morgan fingerprint density at radius 3 is 2.52 bits per heavy atom. The summed E-state index contributed by atoms with van der Waals surface area (Å²) < 4.78 is 48.0. The number of anilines is 1. The van der Waals surface area contributed by atoms with Crippen molar-refractivity contribution in [1.82, 2.24) is 15.0 Å². The average molecular weight is 300 g/mol. The molecule has 0 amide bonds. The normalized spacial score (nSPS) is 11.2. The van der Waals surface area contributed by atoms with Gasteiger partial charge in [0.15, 0.2) is 0 Å². The maximum atomic E-state index is 12.6. The van der Waals surface area contributed by atoms with Crippen molar-refractivity contribution < 1.29 is 22.6 Å². The van der Waals surface area contributed by atoms with Gasteiger partial charge in [-0.2, -0.15) is 23.1 Å². The Hall–Kier alpha value is -2.58. The van der Waals surface area contributed by atoms with Gasteiger partial charge in [0, 0.05) is 0 Å². The first kappa shape index (κ1) is 14.8. The number of alkyl halides is 3. The zero-order chi connectivity index (χ0) is 15.5. The van der Waals surface area contributed by atoms with E-state index in [0.717, 1.165) is 12.1 Å². The Labute approximate surface area is 117 Å². The lowest BCUT2D eigenvalue weighted by molar-refractivity contribution is -0.137. The summed E-state index contributed by atoms with van der Waals surface area (Å²) >= 11 is 0. The number of hydrogen-bond acceptors (Lipinski definition) is 6. The molecule has 112 valence electrons. The number of benzene rings is 1. The third-order valence-corrected chi connectivity index (χ3v) is 2.26. The summed E-state index contributed by atoms with van der Waals surface area (Å²) in [6.45, 7) is 2.01. The fourth-order valence-corrected chi connectivity index (χ4v) is 1.43. The van der Waals surface area contributed by atoms with Crippen LogP contribution in [0.15, 0.2) is 24.3 Å². The molecule has 0 aliphatic rings. The molecule has 0 bridgehead atoms. The molecule has 0 fully saturated rings. The van der Waals surface area contributed by atoms with Crippen LogP contribution in [0.3, 0.4) is 0 Å². The number of halogens is 3. The first-order valence-corrected chi connectivity index (χ1v) is 5.88. The van der Waals surface area contributed by atoms with Gasteiger partial charge >= 0.3 is 18.2 Å². The maximum absolute atomic E-state index is 12.6. The standard InChI is InChI=1S/C12H11F3N4O2/c1-2-20-10-17-9(16)18-11(19-10)21-8-5-3-4-7(6-8)12(13,14)15/h3-6H,2H2,1H3,(H2,16,17,18,19). The fraction of sp³-hybridized carbons (Fsp3) is 0.250. The Balaban J connectivity index is 2.26. The van der Waals surface area contributed by atoms with E-state index in [4.69, 9.17) is 15.2 Å². The van der Waals surface area contributed by atoms with Crippen LogP contribution >= 0.6 is 0 Å². The molecule has 0 aliphatic carbocycles. The Kier molecular flexibility index (Phi) is 4.10. The number of ether oxygens (including phenoxy) is 2. The van der Waals surface area contributed by atoms with E-state index in [-0.39, 0.29) is 23.7 Å². The van der Waals surface area contributed by atoms with E-state index >= 15 is 0 Å². The molecule has 9 heteroatoms. The number of nitrogens with zero attached hydrogens (tertiary/aromatic N) is 3. The number of rotatable bonds is 4. The molecule has 0 radical (unpaired) electrons. The highest BCUT2D eigenvalue weighted by Crippen LogP contribution is 2.32. The SMILES string of the molecule is CCOc1nc(N)nc(Oc2cccc(C(F)(F)F)c2)n1. The maximum Gasteiger partial charge on any atom is 0.416 e. The second-order valence-corrected chi connectivity index (χ2v) is 3.82. The summed E-state index contributed by atoms with van der Waals surface area (Å²) in [5, 5.41) is 0. The predicted molar refractivity (Wildman–Crippen MR) is 66.9 cm³/mol. The molecule has 1 aromatic carbocycles. The topological polar surface area (TPSA) is 83.2 Å². The van der Waals surface area contributed by atoms with Crippen LogP contribution in [0.2, 0.25) is 0 Å². The van der Waals surface area contributed by atoms with E-state index in [1.54, 1.807) is 6.92 Å². The van der Waals surface area contributed by atoms with E-state index in [0.29, 0.717) is 6.61 Å². The van der Waals surface area contributed by atoms with Crippen molar-refractivity contribution in [2.45, 2.75) is 13.1 Å². The molecule has 0 spiro atoms. The minimum atomic E-state index is -4.46. The van der Waals surface area contributed by atoms with Gasteiger partial charge in [-0.15, -0.1) is 4.98 Å². The molecule has 0 atom stereocenters. The molecule has 0 saturated heterocycles.